The Morgan fingerprint density at radius 2 is 2.16 bits per heavy atom. The normalized spacial score (nSPS) is 10.8. The molecule has 0 saturated heterocycles. The van der Waals surface area contributed by atoms with Crippen molar-refractivity contribution in [2.45, 2.75) is 24.4 Å². The number of para-hydroxylation sites is 1. The van der Waals surface area contributed by atoms with E-state index >= 15 is 0 Å². The molecule has 0 atom stereocenters. The number of aryl methyl sites for hydroxylation is 1. The predicted molar refractivity (Wildman–Crippen MR) is 95.3 cm³/mol. The van der Waals surface area contributed by atoms with Gasteiger partial charge in [0.15, 0.2) is 11.0 Å². The third-order valence-electron chi connectivity index (χ3n) is 3.67. The zero-order chi connectivity index (χ0) is 17.8. The molecular weight excluding hydrogens is 340 g/mol. The van der Waals surface area contributed by atoms with Crippen LogP contribution in [0, 0.1) is 17.0 Å². The molecule has 3 rings (SSSR count). The van der Waals surface area contributed by atoms with Gasteiger partial charge in [0.1, 0.15) is 5.76 Å². The van der Waals surface area contributed by atoms with Crippen LogP contribution in [-0.2, 0) is 12.3 Å². The molecule has 0 aliphatic heterocycles. The number of aromatic nitrogens is 3. The lowest BCUT2D eigenvalue weighted by molar-refractivity contribution is -0.385. The van der Waals surface area contributed by atoms with Crippen molar-refractivity contribution >= 4 is 17.4 Å². The number of furan rings is 1. The first-order valence-electron chi connectivity index (χ1n) is 7.55. The molecule has 0 saturated carbocycles. The molecule has 0 N–H and O–H groups in total. The number of nitro benzene ring substituents is 1. The maximum Gasteiger partial charge on any atom is 0.273 e. The molecule has 0 amide bonds. The lowest BCUT2D eigenvalue weighted by atomic mass is 10.2. The topological polar surface area (TPSA) is 87.0 Å². The number of rotatable bonds is 7. The van der Waals surface area contributed by atoms with Gasteiger partial charge in [-0.2, -0.15) is 0 Å². The van der Waals surface area contributed by atoms with Crippen LogP contribution in [-0.4, -0.2) is 19.7 Å². The second-order valence-corrected chi connectivity index (χ2v) is 6.21. The number of thioether (sulfide) groups is 1. The van der Waals surface area contributed by atoms with Crippen LogP contribution in [0.3, 0.4) is 0 Å². The minimum Gasteiger partial charge on any atom is -0.469 e. The summed E-state index contributed by atoms with van der Waals surface area (Å²) in [5, 5.41) is 20.3. The first kappa shape index (κ1) is 17.0. The zero-order valence-corrected chi connectivity index (χ0v) is 14.4. The fourth-order valence-electron chi connectivity index (χ4n) is 2.46. The van der Waals surface area contributed by atoms with E-state index in [-0.39, 0.29) is 10.6 Å². The van der Waals surface area contributed by atoms with Gasteiger partial charge >= 0.3 is 0 Å². The van der Waals surface area contributed by atoms with E-state index in [2.05, 4.69) is 16.8 Å². The van der Waals surface area contributed by atoms with Crippen molar-refractivity contribution in [1.82, 2.24) is 14.8 Å². The van der Waals surface area contributed by atoms with Crippen LogP contribution in [0.1, 0.15) is 11.3 Å². The van der Waals surface area contributed by atoms with Gasteiger partial charge in [-0.1, -0.05) is 36.0 Å². The molecule has 8 heteroatoms. The summed E-state index contributed by atoms with van der Waals surface area (Å²) in [4.78, 5) is 10.8. The molecule has 0 bridgehead atoms. The Morgan fingerprint density at radius 1 is 1.36 bits per heavy atom. The van der Waals surface area contributed by atoms with E-state index in [1.165, 1.54) is 17.8 Å². The molecule has 0 unspecified atom stereocenters. The quantitative estimate of drug-likeness (QED) is 0.272. The van der Waals surface area contributed by atoms with Crippen LogP contribution in [0.5, 0.6) is 0 Å². The van der Waals surface area contributed by atoms with Gasteiger partial charge in [0.2, 0.25) is 0 Å². The Labute approximate surface area is 148 Å². The third-order valence-corrected chi connectivity index (χ3v) is 4.69. The van der Waals surface area contributed by atoms with Crippen LogP contribution in [0.25, 0.3) is 11.4 Å². The van der Waals surface area contributed by atoms with Gasteiger partial charge in [0.05, 0.1) is 16.7 Å². The van der Waals surface area contributed by atoms with Gasteiger partial charge in [-0.15, -0.1) is 16.8 Å². The highest BCUT2D eigenvalue weighted by molar-refractivity contribution is 7.98. The van der Waals surface area contributed by atoms with E-state index in [4.69, 9.17) is 4.42 Å². The molecule has 3 aromatic rings. The number of hydrogen-bond acceptors (Lipinski definition) is 6. The highest BCUT2D eigenvalue weighted by Gasteiger charge is 2.18. The maximum atomic E-state index is 11.1. The minimum absolute atomic E-state index is 0.107. The van der Waals surface area contributed by atoms with Crippen LogP contribution < -0.4 is 0 Å². The van der Waals surface area contributed by atoms with E-state index in [1.807, 2.05) is 17.6 Å². The summed E-state index contributed by atoms with van der Waals surface area (Å²) >= 11 is 1.40. The lowest BCUT2D eigenvalue weighted by Crippen LogP contribution is -2.01. The Hall–Kier alpha value is -2.87. The van der Waals surface area contributed by atoms with Crippen molar-refractivity contribution < 1.29 is 9.34 Å². The van der Waals surface area contributed by atoms with E-state index in [1.54, 1.807) is 30.5 Å². The lowest BCUT2D eigenvalue weighted by Gasteiger charge is -2.07. The van der Waals surface area contributed by atoms with Crippen molar-refractivity contribution in [2.75, 3.05) is 0 Å². The van der Waals surface area contributed by atoms with Gasteiger partial charge in [-0.25, -0.2) is 0 Å². The summed E-state index contributed by atoms with van der Waals surface area (Å²) in [5.74, 6) is 1.88. The highest BCUT2D eigenvalue weighted by atomic mass is 32.2. The predicted octanol–water partition coefficient (Wildman–Crippen LogP) is 4.23. The molecular formula is C17H16N4O3S. The summed E-state index contributed by atoms with van der Waals surface area (Å²) in [6.07, 6.45) is 3.37. The van der Waals surface area contributed by atoms with Gasteiger partial charge in [-0.3, -0.25) is 14.7 Å². The smallest absolute Gasteiger partial charge is 0.273 e. The number of hydrogen-bond donors (Lipinski definition) is 0. The van der Waals surface area contributed by atoms with E-state index in [0.717, 1.165) is 11.3 Å². The number of benzene rings is 1. The number of nitro groups is 1. The van der Waals surface area contributed by atoms with Crippen LogP contribution in [0.15, 0.2) is 58.8 Å². The van der Waals surface area contributed by atoms with E-state index in [0.29, 0.717) is 28.8 Å². The Morgan fingerprint density at radius 3 is 2.84 bits per heavy atom. The van der Waals surface area contributed by atoms with Crippen molar-refractivity contribution in [3.8, 4) is 11.4 Å². The molecule has 0 aliphatic carbocycles. The minimum atomic E-state index is -0.370. The fourth-order valence-corrected chi connectivity index (χ4v) is 3.40. The first-order valence-corrected chi connectivity index (χ1v) is 8.54. The molecule has 25 heavy (non-hydrogen) atoms. The highest BCUT2D eigenvalue weighted by Crippen LogP contribution is 2.30. The number of nitrogens with zero attached hydrogens (tertiary/aromatic N) is 4. The average Bonchev–Trinajstić information content (AvgIpc) is 3.19. The van der Waals surface area contributed by atoms with Gasteiger partial charge in [-0.05, 0) is 13.0 Å². The summed E-state index contributed by atoms with van der Waals surface area (Å²) in [7, 11) is 0. The van der Waals surface area contributed by atoms with Gasteiger partial charge in [0, 0.05) is 23.9 Å². The molecule has 2 aromatic heterocycles. The standard InChI is InChI=1S/C17H16N4O3S/c1-3-9-20-16(14-8-10-24-12(14)2)18-19-17(20)25-11-13-6-4-5-7-15(13)21(22)23/h3-8,10H,1,9,11H2,2H3. The largest absolute Gasteiger partial charge is 0.469 e. The third kappa shape index (κ3) is 3.48. The Bertz CT molecular complexity index is 916. The van der Waals surface area contributed by atoms with Crippen LogP contribution >= 0.6 is 11.8 Å². The summed E-state index contributed by atoms with van der Waals surface area (Å²) in [6, 6.07) is 8.55. The zero-order valence-electron chi connectivity index (χ0n) is 13.6. The molecule has 2 heterocycles. The van der Waals surface area contributed by atoms with Gasteiger partial charge < -0.3 is 4.42 Å². The first-order chi connectivity index (χ1) is 12.1. The Balaban J connectivity index is 1.89. The van der Waals surface area contributed by atoms with Crippen molar-refractivity contribution in [2.24, 2.45) is 0 Å². The molecule has 0 radical (unpaired) electrons. The molecule has 7 nitrogen and oxygen atoms in total. The summed E-state index contributed by atoms with van der Waals surface area (Å²) in [6.45, 7) is 6.18. The van der Waals surface area contributed by atoms with Crippen LogP contribution in [0.2, 0.25) is 0 Å². The van der Waals surface area contributed by atoms with E-state index in [9.17, 15) is 10.1 Å². The molecule has 0 aliphatic rings. The van der Waals surface area contributed by atoms with Crippen LogP contribution in [0.4, 0.5) is 5.69 Å². The SMILES string of the molecule is C=CCn1c(SCc2ccccc2[N+](=O)[O-])nnc1-c1ccoc1C. The second-order valence-electron chi connectivity index (χ2n) is 5.27. The van der Waals surface area contributed by atoms with E-state index < -0.39 is 0 Å². The second kappa shape index (κ2) is 7.35. The molecule has 0 spiro atoms. The Kier molecular flexibility index (Phi) is 4.99. The average molecular weight is 356 g/mol. The maximum absolute atomic E-state index is 11.1. The van der Waals surface area contributed by atoms with Gasteiger partial charge in [0.25, 0.3) is 5.69 Å². The van der Waals surface area contributed by atoms with Crippen molar-refractivity contribution in [1.29, 1.82) is 0 Å². The number of allylic oxidation sites excluding steroid dienone is 1. The monoisotopic (exact) mass is 356 g/mol. The molecule has 1 aromatic carbocycles. The molecule has 128 valence electrons. The summed E-state index contributed by atoms with van der Waals surface area (Å²) in [5.41, 5.74) is 1.62. The van der Waals surface area contributed by atoms with Crippen molar-refractivity contribution in [3.05, 3.63) is 70.7 Å². The van der Waals surface area contributed by atoms with Crippen molar-refractivity contribution in [3.63, 3.8) is 0 Å². The fraction of sp³-hybridized carbons (Fsp3) is 0.176. The summed E-state index contributed by atoms with van der Waals surface area (Å²) < 4.78 is 7.26. The molecule has 0 fully saturated rings.